The lowest BCUT2D eigenvalue weighted by Crippen LogP contribution is -2.12. The van der Waals surface area contributed by atoms with Crippen molar-refractivity contribution in [3.05, 3.63) is 95.8 Å². The highest BCUT2D eigenvalue weighted by molar-refractivity contribution is 6.04. The number of aromatic nitrogens is 2. The average molecular weight is 390 g/mol. The van der Waals surface area contributed by atoms with E-state index in [1.165, 1.54) is 30.6 Å². The summed E-state index contributed by atoms with van der Waals surface area (Å²) in [6.07, 6.45) is 1.37. The highest BCUT2D eigenvalue weighted by Crippen LogP contribution is 2.23. The maximum absolute atomic E-state index is 14.2. The van der Waals surface area contributed by atoms with Crippen molar-refractivity contribution in [2.75, 3.05) is 10.6 Å². The second kappa shape index (κ2) is 8.02. The molecule has 2 N–H and O–H groups in total. The molecule has 4 rings (SSSR count). The van der Waals surface area contributed by atoms with Gasteiger partial charge in [0.25, 0.3) is 5.91 Å². The van der Waals surface area contributed by atoms with Crippen LogP contribution in [0.5, 0.6) is 0 Å². The molecule has 0 fully saturated rings. The van der Waals surface area contributed by atoms with E-state index in [2.05, 4.69) is 20.6 Å². The highest BCUT2D eigenvalue weighted by Gasteiger charge is 2.10. The number of fused-ring (bicyclic) bond motifs is 1. The Balaban J connectivity index is 1.49. The van der Waals surface area contributed by atoms with Gasteiger partial charge in [-0.2, -0.15) is 0 Å². The van der Waals surface area contributed by atoms with Gasteiger partial charge in [0.1, 0.15) is 23.8 Å². The number of carbonyl (C=O) groups is 1. The predicted molar refractivity (Wildman–Crippen MR) is 108 cm³/mol. The summed E-state index contributed by atoms with van der Waals surface area (Å²) in [6, 6.07) is 17.3. The van der Waals surface area contributed by atoms with E-state index in [0.717, 1.165) is 5.56 Å². The van der Waals surface area contributed by atoms with E-state index in [0.29, 0.717) is 29.0 Å². The van der Waals surface area contributed by atoms with Gasteiger partial charge in [-0.1, -0.05) is 24.3 Å². The number of carbonyl (C=O) groups excluding carboxylic acids is 1. The van der Waals surface area contributed by atoms with Crippen molar-refractivity contribution in [1.82, 2.24) is 9.97 Å². The zero-order valence-electron chi connectivity index (χ0n) is 15.2. The van der Waals surface area contributed by atoms with E-state index < -0.39 is 17.5 Å². The van der Waals surface area contributed by atoms with Crippen molar-refractivity contribution in [1.29, 1.82) is 0 Å². The van der Waals surface area contributed by atoms with Crippen molar-refractivity contribution in [3.8, 4) is 0 Å². The fraction of sp³-hybridized carbons (Fsp3) is 0.0455. The lowest BCUT2D eigenvalue weighted by molar-refractivity contribution is 0.102. The molecule has 1 amide bonds. The molecule has 0 unspecified atom stereocenters. The Morgan fingerprint density at radius 3 is 2.62 bits per heavy atom. The third kappa shape index (κ3) is 4.19. The molecule has 29 heavy (non-hydrogen) atoms. The van der Waals surface area contributed by atoms with Crippen LogP contribution in [-0.2, 0) is 6.54 Å². The summed E-state index contributed by atoms with van der Waals surface area (Å²) in [5.74, 6) is -0.887. The molecule has 4 aromatic rings. The lowest BCUT2D eigenvalue weighted by atomic mass is 10.1. The molecule has 144 valence electrons. The molecule has 0 aliphatic rings. The monoisotopic (exact) mass is 390 g/mol. The number of amides is 1. The third-order valence-corrected chi connectivity index (χ3v) is 4.34. The average Bonchev–Trinajstić information content (AvgIpc) is 2.72. The Hall–Kier alpha value is -3.87. The van der Waals surface area contributed by atoms with Gasteiger partial charge in [-0.3, -0.25) is 4.79 Å². The van der Waals surface area contributed by atoms with Crippen molar-refractivity contribution in [2.24, 2.45) is 0 Å². The van der Waals surface area contributed by atoms with E-state index in [-0.39, 0.29) is 5.56 Å². The molecule has 3 aromatic carbocycles. The molecule has 0 spiro atoms. The van der Waals surface area contributed by atoms with Gasteiger partial charge in [0, 0.05) is 17.8 Å². The van der Waals surface area contributed by atoms with Crippen molar-refractivity contribution >= 4 is 28.3 Å². The van der Waals surface area contributed by atoms with Crippen molar-refractivity contribution < 1.29 is 13.6 Å². The summed E-state index contributed by atoms with van der Waals surface area (Å²) < 4.78 is 27.5. The number of rotatable bonds is 5. The lowest BCUT2D eigenvalue weighted by Gasteiger charge is -2.11. The Morgan fingerprint density at radius 1 is 0.931 bits per heavy atom. The quantitative estimate of drug-likeness (QED) is 0.515. The zero-order valence-corrected chi connectivity index (χ0v) is 15.2. The summed E-state index contributed by atoms with van der Waals surface area (Å²) in [6.45, 7) is 0.365. The predicted octanol–water partition coefficient (Wildman–Crippen LogP) is 4.77. The summed E-state index contributed by atoms with van der Waals surface area (Å²) in [5, 5.41) is 6.18. The van der Waals surface area contributed by atoms with Gasteiger partial charge < -0.3 is 10.6 Å². The van der Waals surface area contributed by atoms with Gasteiger partial charge >= 0.3 is 0 Å². The van der Waals surface area contributed by atoms with E-state index >= 15 is 0 Å². The topological polar surface area (TPSA) is 66.9 Å². The molecule has 0 saturated heterocycles. The number of anilines is 2. The van der Waals surface area contributed by atoms with Crippen LogP contribution in [0, 0.1) is 11.6 Å². The number of halogens is 2. The number of nitrogens with zero attached hydrogens (tertiary/aromatic N) is 2. The van der Waals surface area contributed by atoms with Gasteiger partial charge in [0.15, 0.2) is 0 Å². The fourth-order valence-electron chi connectivity index (χ4n) is 2.98. The van der Waals surface area contributed by atoms with Crippen LogP contribution >= 0.6 is 0 Å². The molecule has 0 aliphatic heterocycles. The van der Waals surface area contributed by atoms with E-state index in [4.69, 9.17) is 0 Å². The van der Waals surface area contributed by atoms with Gasteiger partial charge in [0.2, 0.25) is 0 Å². The fourth-order valence-corrected chi connectivity index (χ4v) is 2.98. The van der Waals surface area contributed by atoms with Crippen LogP contribution in [0.3, 0.4) is 0 Å². The highest BCUT2D eigenvalue weighted by atomic mass is 19.1. The largest absolute Gasteiger partial charge is 0.365 e. The first kappa shape index (κ1) is 18.5. The second-order valence-corrected chi connectivity index (χ2v) is 6.37. The standard InChI is InChI=1S/C22H16F2N4O/c23-16-6-2-5-15(11-16)22(29)28-17-7-1-4-14(10-17)12-25-21-20-18(24)8-3-9-19(20)26-13-27-21/h1-11,13H,12H2,(H,28,29)(H,25,26,27). The SMILES string of the molecule is O=C(Nc1cccc(CNc2ncnc3cccc(F)c23)c1)c1cccc(F)c1. The van der Waals surface area contributed by atoms with Gasteiger partial charge in [-0.05, 0) is 48.0 Å². The van der Waals surface area contributed by atoms with Crippen LogP contribution in [0.25, 0.3) is 10.9 Å². The first-order valence-corrected chi connectivity index (χ1v) is 8.89. The van der Waals surface area contributed by atoms with Crippen LogP contribution in [0.1, 0.15) is 15.9 Å². The molecule has 7 heteroatoms. The summed E-state index contributed by atoms with van der Waals surface area (Å²) in [4.78, 5) is 20.5. The van der Waals surface area contributed by atoms with E-state index in [1.54, 1.807) is 36.4 Å². The normalized spacial score (nSPS) is 10.7. The number of nitrogens with one attached hydrogen (secondary N) is 2. The van der Waals surface area contributed by atoms with Crippen molar-refractivity contribution in [3.63, 3.8) is 0 Å². The van der Waals surface area contributed by atoms with Gasteiger partial charge in [-0.15, -0.1) is 0 Å². The Bertz CT molecular complexity index is 1190. The first-order valence-electron chi connectivity index (χ1n) is 8.89. The Labute approximate surface area is 165 Å². The third-order valence-electron chi connectivity index (χ3n) is 4.34. The zero-order chi connectivity index (χ0) is 20.2. The molecular formula is C22H16F2N4O. The number of hydrogen-bond donors (Lipinski definition) is 2. The molecule has 1 heterocycles. The van der Waals surface area contributed by atoms with E-state index in [1.807, 2.05) is 6.07 Å². The minimum atomic E-state index is -0.472. The Kier molecular flexibility index (Phi) is 5.11. The molecule has 1 aromatic heterocycles. The Morgan fingerprint density at radius 2 is 1.76 bits per heavy atom. The van der Waals surface area contributed by atoms with E-state index in [9.17, 15) is 13.6 Å². The molecule has 0 atom stereocenters. The molecular weight excluding hydrogens is 374 g/mol. The molecule has 0 aliphatic carbocycles. The van der Waals surface area contributed by atoms with Gasteiger partial charge in [0.05, 0.1) is 10.9 Å². The number of benzene rings is 3. The smallest absolute Gasteiger partial charge is 0.255 e. The molecule has 0 radical (unpaired) electrons. The van der Waals surface area contributed by atoms with Crippen molar-refractivity contribution in [2.45, 2.75) is 6.54 Å². The summed E-state index contributed by atoms with van der Waals surface area (Å²) in [5.41, 5.74) is 2.16. The second-order valence-electron chi connectivity index (χ2n) is 6.37. The minimum Gasteiger partial charge on any atom is -0.365 e. The van der Waals surface area contributed by atoms with Crippen LogP contribution in [0.2, 0.25) is 0 Å². The summed E-state index contributed by atoms with van der Waals surface area (Å²) >= 11 is 0. The molecule has 5 nitrogen and oxygen atoms in total. The van der Waals surface area contributed by atoms with Crippen LogP contribution in [0.15, 0.2) is 73.1 Å². The summed E-state index contributed by atoms with van der Waals surface area (Å²) in [7, 11) is 0. The minimum absolute atomic E-state index is 0.233. The molecule has 0 bridgehead atoms. The maximum atomic E-state index is 14.2. The maximum Gasteiger partial charge on any atom is 0.255 e. The van der Waals surface area contributed by atoms with Crippen LogP contribution < -0.4 is 10.6 Å². The molecule has 0 saturated carbocycles. The van der Waals surface area contributed by atoms with Gasteiger partial charge in [-0.25, -0.2) is 18.7 Å². The van der Waals surface area contributed by atoms with Crippen LogP contribution in [0.4, 0.5) is 20.3 Å². The van der Waals surface area contributed by atoms with Crippen LogP contribution in [-0.4, -0.2) is 15.9 Å². The number of hydrogen-bond acceptors (Lipinski definition) is 4. The first-order chi connectivity index (χ1) is 14.1.